The van der Waals surface area contributed by atoms with E-state index in [-0.39, 0.29) is 42.8 Å². The van der Waals surface area contributed by atoms with Crippen molar-refractivity contribution < 1.29 is 31.4 Å². The Hall–Kier alpha value is -3.40. The molecule has 0 aliphatic rings. The molecule has 212 valence electrons. The summed E-state index contributed by atoms with van der Waals surface area (Å²) in [7, 11) is -2.50. The molecule has 0 saturated carbocycles. The van der Waals surface area contributed by atoms with Crippen LogP contribution in [-0.4, -0.2) is 61.0 Å². The minimum Gasteiger partial charge on any atom is -0.490 e. The number of nitrogens with two attached hydrogens (primary N) is 1. The number of nitrogens with one attached hydrogen (secondary N) is 2. The third kappa shape index (κ3) is 8.29. The van der Waals surface area contributed by atoms with Crippen LogP contribution in [0.25, 0.3) is 0 Å². The molecule has 3 aromatic rings. The Morgan fingerprint density at radius 3 is 2.49 bits per heavy atom. The number of benzene rings is 1. The van der Waals surface area contributed by atoms with Gasteiger partial charge in [-0.3, -0.25) is 4.31 Å². The molecule has 5 N–H and O–H groups in total. The van der Waals surface area contributed by atoms with Gasteiger partial charge in [0.25, 0.3) is 0 Å². The van der Waals surface area contributed by atoms with Gasteiger partial charge < -0.3 is 26.2 Å². The number of ether oxygens (including phenoxy) is 1. The predicted octanol–water partition coefficient (Wildman–Crippen LogP) is 3.08. The van der Waals surface area contributed by atoms with Crippen LogP contribution < -0.4 is 25.4 Å². The first-order valence-corrected chi connectivity index (χ1v) is 13.7. The van der Waals surface area contributed by atoms with Crippen molar-refractivity contribution in [1.82, 2.24) is 15.0 Å². The standard InChI is InChI=1S/C23H27ClF3N7O4S/c1-34(39(2,36)37)21-15(7-18(10-30-21)38-13-16(28)12-35)9-29-20-19(23(25,26)27)11-31-22(33-20)32-17-5-3-14(8-24)4-6-17/h3-7,10-11,16,35H,8-9,12-13,28H2,1-2H3,(H2,29,31,32,33). The van der Waals surface area contributed by atoms with Gasteiger partial charge in [-0.1, -0.05) is 12.1 Å². The molecule has 0 bridgehead atoms. The lowest BCUT2D eigenvalue weighted by Gasteiger charge is -2.21. The zero-order valence-corrected chi connectivity index (χ0v) is 22.5. The lowest BCUT2D eigenvalue weighted by molar-refractivity contribution is -0.137. The SMILES string of the molecule is CN(c1ncc(OCC(N)CO)cc1CNc1nc(Nc2ccc(CCl)cc2)ncc1C(F)(F)F)S(C)(=O)=O. The average molecular weight is 590 g/mol. The molecule has 1 atom stereocenters. The Kier molecular flexibility index (Phi) is 9.77. The maximum absolute atomic E-state index is 13.7. The molecule has 11 nitrogen and oxygen atoms in total. The highest BCUT2D eigenvalue weighted by Gasteiger charge is 2.35. The molecule has 0 amide bonds. The Labute approximate surface area is 228 Å². The molecule has 0 aliphatic heterocycles. The van der Waals surface area contributed by atoms with Gasteiger partial charge in [0.15, 0.2) is 0 Å². The summed E-state index contributed by atoms with van der Waals surface area (Å²) >= 11 is 5.78. The van der Waals surface area contributed by atoms with Crippen molar-refractivity contribution in [2.24, 2.45) is 5.73 Å². The number of aliphatic hydroxyl groups is 1. The summed E-state index contributed by atoms with van der Waals surface area (Å²) in [5.41, 5.74) is 6.09. The largest absolute Gasteiger partial charge is 0.490 e. The van der Waals surface area contributed by atoms with E-state index < -0.39 is 33.6 Å². The van der Waals surface area contributed by atoms with Crippen LogP contribution in [0, 0.1) is 0 Å². The van der Waals surface area contributed by atoms with Gasteiger partial charge in [0.2, 0.25) is 16.0 Å². The number of hydrogen-bond acceptors (Lipinski definition) is 10. The van der Waals surface area contributed by atoms with Crippen molar-refractivity contribution in [2.45, 2.75) is 24.6 Å². The zero-order chi connectivity index (χ0) is 28.8. The van der Waals surface area contributed by atoms with Crippen LogP contribution in [0.5, 0.6) is 5.75 Å². The minimum atomic E-state index is -4.78. The van der Waals surface area contributed by atoms with Gasteiger partial charge in [-0.2, -0.15) is 18.2 Å². The smallest absolute Gasteiger partial charge is 0.421 e. The molecular formula is C23H27ClF3N7O4S. The highest BCUT2D eigenvalue weighted by molar-refractivity contribution is 7.92. The summed E-state index contributed by atoms with van der Waals surface area (Å²) in [6.45, 7) is -0.718. The van der Waals surface area contributed by atoms with Crippen LogP contribution in [0.15, 0.2) is 42.7 Å². The lowest BCUT2D eigenvalue weighted by atomic mass is 10.2. The van der Waals surface area contributed by atoms with Crippen molar-refractivity contribution in [2.75, 3.05) is 41.5 Å². The number of halogens is 4. The summed E-state index contributed by atoms with van der Waals surface area (Å²) in [4.78, 5) is 11.9. The third-order valence-electron chi connectivity index (χ3n) is 5.32. The first-order valence-electron chi connectivity index (χ1n) is 11.3. The average Bonchev–Trinajstić information content (AvgIpc) is 2.89. The number of rotatable bonds is 12. The van der Waals surface area contributed by atoms with Crippen molar-refractivity contribution in [3.8, 4) is 5.75 Å². The van der Waals surface area contributed by atoms with E-state index in [2.05, 4.69) is 25.6 Å². The Balaban J connectivity index is 1.94. The quantitative estimate of drug-likeness (QED) is 0.232. The predicted molar refractivity (Wildman–Crippen MR) is 142 cm³/mol. The zero-order valence-electron chi connectivity index (χ0n) is 20.9. The fraction of sp³-hybridized carbons (Fsp3) is 0.348. The summed E-state index contributed by atoms with van der Waals surface area (Å²) in [5.74, 6) is -0.214. The van der Waals surface area contributed by atoms with E-state index in [0.29, 0.717) is 17.8 Å². The molecule has 0 saturated heterocycles. The van der Waals surface area contributed by atoms with E-state index in [9.17, 15) is 21.6 Å². The van der Waals surface area contributed by atoms with E-state index in [1.165, 1.54) is 19.3 Å². The van der Waals surface area contributed by atoms with E-state index in [4.69, 9.17) is 27.2 Å². The van der Waals surface area contributed by atoms with Crippen LogP contribution in [-0.2, 0) is 28.6 Å². The van der Waals surface area contributed by atoms with E-state index >= 15 is 0 Å². The van der Waals surface area contributed by atoms with Gasteiger partial charge >= 0.3 is 6.18 Å². The maximum atomic E-state index is 13.7. The molecule has 0 aliphatic carbocycles. The van der Waals surface area contributed by atoms with Crippen LogP contribution in [0.4, 0.5) is 36.4 Å². The number of aromatic nitrogens is 3. The first-order chi connectivity index (χ1) is 18.3. The van der Waals surface area contributed by atoms with Crippen molar-refractivity contribution >= 4 is 44.9 Å². The van der Waals surface area contributed by atoms with Crippen LogP contribution in [0.3, 0.4) is 0 Å². The number of pyridine rings is 1. The Morgan fingerprint density at radius 1 is 1.21 bits per heavy atom. The van der Waals surface area contributed by atoms with Crippen LogP contribution in [0.2, 0.25) is 0 Å². The van der Waals surface area contributed by atoms with Crippen LogP contribution >= 0.6 is 11.6 Å². The second-order valence-electron chi connectivity index (χ2n) is 8.40. The second-order valence-corrected chi connectivity index (χ2v) is 10.7. The lowest BCUT2D eigenvalue weighted by Crippen LogP contribution is -2.31. The Morgan fingerprint density at radius 2 is 1.90 bits per heavy atom. The highest BCUT2D eigenvalue weighted by atomic mass is 35.5. The molecule has 39 heavy (non-hydrogen) atoms. The number of nitrogens with zero attached hydrogens (tertiary/aromatic N) is 4. The molecular weight excluding hydrogens is 563 g/mol. The number of sulfonamides is 1. The second kappa shape index (κ2) is 12.6. The van der Waals surface area contributed by atoms with Gasteiger partial charge in [-0.15, -0.1) is 11.6 Å². The van der Waals surface area contributed by atoms with Gasteiger partial charge in [0, 0.05) is 36.9 Å². The molecule has 1 unspecified atom stereocenters. The van der Waals surface area contributed by atoms with Crippen molar-refractivity contribution in [3.63, 3.8) is 0 Å². The molecule has 0 radical (unpaired) electrons. The molecule has 16 heteroatoms. The number of aliphatic hydroxyl groups excluding tert-OH is 1. The summed E-state index contributed by atoms with van der Waals surface area (Å²) in [6, 6.07) is 7.57. The Bertz CT molecular complexity index is 1380. The normalized spacial score (nSPS) is 12.6. The molecule has 1 aromatic carbocycles. The number of hydrogen-bond donors (Lipinski definition) is 4. The summed E-state index contributed by atoms with van der Waals surface area (Å²) < 4.78 is 71.9. The fourth-order valence-corrected chi connectivity index (χ4v) is 3.81. The van der Waals surface area contributed by atoms with E-state index in [1.54, 1.807) is 24.3 Å². The minimum absolute atomic E-state index is 0.0378. The summed E-state index contributed by atoms with van der Waals surface area (Å²) in [5, 5.41) is 14.6. The molecule has 2 aromatic heterocycles. The van der Waals surface area contributed by atoms with Gasteiger partial charge in [0.05, 0.1) is 25.1 Å². The van der Waals surface area contributed by atoms with E-state index in [1.807, 2.05) is 0 Å². The van der Waals surface area contributed by atoms with Crippen molar-refractivity contribution in [3.05, 3.63) is 59.4 Å². The summed E-state index contributed by atoms with van der Waals surface area (Å²) in [6.07, 6.45) is -1.93. The first kappa shape index (κ1) is 30.1. The monoisotopic (exact) mass is 589 g/mol. The molecule has 3 rings (SSSR count). The van der Waals surface area contributed by atoms with Gasteiger partial charge in [-0.25, -0.2) is 18.4 Å². The number of alkyl halides is 4. The van der Waals surface area contributed by atoms with Gasteiger partial charge in [0.1, 0.15) is 29.6 Å². The molecule has 0 spiro atoms. The van der Waals surface area contributed by atoms with Crippen molar-refractivity contribution in [1.29, 1.82) is 0 Å². The van der Waals surface area contributed by atoms with E-state index in [0.717, 1.165) is 16.1 Å². The van der Waals surface area contributed by atoms with Crippen LogP contribution in [0.1, 0.15) is 16.7 Å². The van der Waals surface area contributed by atoms with Gasteiger partial charge in [-0.05, 0) is 23.8 Å². The third-order valence-corrected chi connectivity index (χ3v) is 6.79. The topological polar surface area (TPSA) is 156 Å². The fourth-order valence-electron chi connectivity index (χ4n) is 3.16. The highest BCUT2D eigenvalue weighted by Crippen LogP contribution is 2.35. The molecule has 2 heterocycles. The maximum Gasteiger partial charge on any atom is 0.421 e. The number of anilines is 4. The molecule has 0 fully saturated rings.